The fourth-order valence-electron chi connectivity index (χ4n) is 4.63. The number of H-pyrrole nitrogens is 1. The fraction of sp³-hybridized carbons (Fsp3) is 0.524. The van der Waals surface area contributed by atoms with Crippen LogP contribution in [0.25, 0.3) is 0 Å². The Balaban J connectivity index is 1.54. The molecule has 30 heavy (non-hydrogen) atoms. The minimum absolute atomic E-state index is 0.0800. The number of fused-ring (bicyclic) bond motifs is 1. The Bertz CT molecular complexity index is 975. The third-order valence-corrected chi connectivity index (χ3v) is 10.5. The quantitative estimate of drug-likeness (QED) is 0.635. The number of anilines is 2. The lowest BCUT2D eigenvalue weighted by Crippen LogP contribution is -2.52. The molecule has 2 aromatic rings. The maximum Gasteiger partial charge on any atom is 0.324 e. The molecule has 3 heterocycles. The molecule has 0 aromatic carbocycles. The number of hydrogen-bond donors (Lipinski definition) is 3. The molecule has 1 aliphatic carbocycles. The van der Waals surface area contributed by atoms with Crippen LogP contribution in [-0.2, 0) is 16.9 Å². The van der Waals surface area contributed by atoms with Gasteiger partial charge in [-0.15, -0.1) is 0 Å². The fourth-order valence-corrected chi connectivity index (χ4v) is 7.23. The van der Waals surface area contributed by atoms with Crippen molar-refractivity contribution < 1.29 is 9.59 Å². The number of pyridine rings is 1. The van der Waals surface area contributed by atoms with E-state index in [9.17, 15) is 9.59 Å². The summed E-state index contributed by atoms with van der Waals surface area (Å²) in [5, 5.41) is 13.2. The van der Waals surface area contributed by atoms with E-state index in [0.29, 0.717) is 18.2 Å². The maximum absolute atomic E-state index is 13.2. The van der Waals surface area contributed by atoms with Gasteiger partial charge >= 0.3 is 6.03 Å². The number of rotatable bonds is 4. The zero-order valence-corrected chi connectivity index (χ0v) is 19.3. The molecule has 0 spiro atoms. The van der Waals surface area contributed by atoms with Crippen LogP contribution < -0.4 is 10.6 Å². The normalized spacial score (nSPS) is 19.0. The molecule has 1 saturated carbocycles. The monoisotopic (exact) mass is 426 g/mol. The maximum atomic E-state index is 13.2. The van der Waals surface area contributed by atoms with E-state index >= 15 is 0 Å². The molecular weight excluding hydrogens is 396 g/mol. The summed E-state index contributed by atoms with van der Waals surface area (Å²) in [7, 11) is -1.68. The Kier molecular flexibility index (Phi) is 4.76. The molecule has 0 radical (unpaired) electrons. The van der Waals surface area contributed by atoms with Gasteiger partial charge in [-0.2, -0.15) is 5.10 Å². The highest BCUT2D eigenvalue weighted by molar-refractivity contribution is 6.83. The molecule has 9 heteroatoms. The van der Waals surface area contributed by atoms with Crippen molar-refractivity contribution in [3.63, 3.8) is 0 Å². The van der Waals surface area contributed by atoms with Crippen molar-refractivity contribution in [2.24, 2.45) is 0 Å². The second-order valence-corrected chi connectivity index (χ2v) is 15.3. The highest BCUT2D eigenvalue weighted by atomic mass is 28.3. The standard InChI is InChI=1S/C21H30N6O2Si/c1-20(2)16-14(13-27(20)19(29)23-15-9-6-7-12-22-15)17(26-25-16)24-18(28)21(10-8-11-21)30(3,4)5/h6-7,9,12H,8,10-11,13H2,1-5H3,(H,22,23,29)(H2,24,25,26,28). The number of aromatic nitrogens is 3. The van der Waals surface area contributed by atoms with Gasteiger partial charge in [0.1, 0.15) is 5.82 Å². The van der Waals surface area contributed by atoms with E-state index in [1.165, 1.54) is 0 Å². The van der Waals surface area contributed by atoms with E-state index in [0.717, 1.165) is 30.5 Å². The van der Waals surface area contributed by atoms with E-state index in [1.807, 2.05) is 19.9 Å². The Morgan fingerprint density at radius 1 is 1.17 bits per heavy atom. The molecular formula is C21H30N6O2Si. The number of amides is 3. The van der Waals surface area contributed by atoms with Gasteiger partial charge in [-0.25, -0.2) is 9.78 Å². The molecule has 0 saturated heterocycles. The van der Waals surface area contributed by atoms with Gasteiger partial charge in [0.05, 0.1) is 25.9 Å². The second-order valence-electron chi connectivity index (χ2n) is 9.86. The van der Waals surface area contributed by atoms with Gasteiger partial charge < -0.3 is 10.2 Å². The number of nitrogens with one attached hydrogen (secondary N) is 3. The van der Waals surface area contributed by atoms with Crippen LogP contribution in [-0.4, -0.2) is 40.1 Å². The first-order valence-corrected chi connectivity index (χ1v) is 14.0. The molecule has 160 valence electrons. The SMILES string of the molecule is CC1(C)c2[nH]nc(NC(=O)C3([Si](C)(C)C)CCC3)c2CN1C(=O)Nc1ccccn1. The average Bonchev–Trinajstić information content (AvgIpc) is 3.12. The van der Waals surface area contributed by atoms with Crippen LogP contribution in [0.15, 0.2) is 24.4 Å². The van der Waals surface area contributed by atoms with Crippen molar-refractivity contribution >= 4 is 31.6 Å². The summed E-state index contributed by atoms with van der Waals surface area (Å²) in [6.07, 6.45) is 4.64. The van der Waals surface area contributed by atoms with Gasteiger partial charge in [0.15, 0.2) is 5.82 Å². The number of carbonyl (C=O) groups is 2. The van der Waals surface area contributed by atoms with Gasteiger partial charge in [0.25, 0.3) is 0 Å². The van der Waals surface area contributed by atoms with Gasteiger partial charge in [0.2, 0.25) is 5.91 Å². The van der Waals surface area contributed by atoms with E-state index in [1.54, 1.807) is 23.2 Å². The van der Waals surface area contributed by atoms with Crippen molar-refractivity contribution in [2.75, 3.05) is 10.6 Å². The Morgan fingerprint density at radius 2 is 1.90 bits per heavy atom. The molecule has 2 aliphatic rings. The van der Waals surface area contributed by atoms with Crippen LogP contribution >= 0.6 is 0 Å². The Hall–Kier alpha value is -2.68. The highest BCUT2D eigenvalue weighted by Gasteiger charge is 2.54. The molecule has 4 rings (SSSR count). The first kappa shape index (κ1) is 20.6. The minimum atomic E-state index is -1.68. The summed E-state index contributed by atoms with van der Waals surface area (Å²) >= 11 is 0. The van der Waals surface area contributed by atoms with Crippen LogP contribution in [0.1, 0.15) is 44.4 Å². The Morgan fingerprint density at radius 3 is 2.47 bits per heavy atom. The average molecular weight is 427 g/mol. The first-order chi connectivity index (χ1) is 14.1. The largest absolute Gasteiger partial charge is 0.324 e. The zero-order valence-electron chi connectivity index (χ0n) is 18.3. The van der Waals surface area contributed by atoms with E-state index < -0.39 is 13.6 Å². The van der Waals surface area contributed by atoms with Gasteiger partial charge in [-0.05, 0) is 38.8 Å². The van der Waals surface area contributed by atoms with E-state index in [2.05, 4.69) is 45.5 Å². The molecule has 8 nitrogen and oxygen atoms in total. The zero-order chi connectivity index (χ0) is 21.7. The van der Waals surface area contributed by atoms with Crippen LogP contribution in [0.4, 0.5) is 16.4 Å². The summed E-state index contributed by atoms with van der Waals surface area (Å²) in [6.45, 7) is 11.1. The third kappa shape index (κ3) is 3.12. The molecule has 0 bridgehead atoms. The summed E-state index contributed by atoms with van der Waals surface area (Å²) in [4.78, 5) is 32.1. The van der Waals surface area contributed by atoms with Gasteiger partial charge in [0, 0.05) is 16.8 Å². The second kappa shape index (κ2) is 6.94. The van der Waals surface area contributed by atoms with Crippen LogP contribution in [0, 0.1) is 0 Å². The highest BCUT2D eigenvalue weighted by Crippen LogP contribution is 2.56. The van der Waals surface area contributed by atoms with Crippen molar-refractivity contribution in [3.05, 3.63) is 35.7 Å². The van der Waals surface area contributed by atoms with E-state index in [4.69, 9.17) is 0 Å². The topological polar surface area (TPSA) is 103 Å². The lowest BCUT2D eigenvalue weighted by atomic mass is 9.83. The van der Waals surface area contributed by atoms with Crippen LogP contribution in [0.3, 0.4) is 0 Å². The van der Waals surface area contributed by atoms with Gasteiger partial charge in [-0.1, -0.05) is 32.1 Å². The van der Waals surface area contributed by atoms with Gasteiger partial charge in [-0.3, -0.25) is 15.2 Å². The predicted molar refractivity (Wildman–Crippen MR) is 119 cm³/mol. The van der Waals surface area contributed by atoms with Crippen LogP contribution in [0.5, 0.6) is 0 Å². The van der Waals surface area contributed by atoms with Crippen molar-refractivity contribution in [3.8, 4) is 0 Å². The molecule has 3 amide bonds. The van der Waals surface area contributed by atoms with Crippen molar-refractivity contribution in [2.45, 2.75) is 69.9 Å². The Labute approximate surface area is 177 Å². The lowest BCUT2D eigenvalue weighted by molar-refractivity contribution is -0.121. The molecule has 0 atom stereocenters. The number of hydrogen-bond acceptors (Lipinski definition) is 4. The van der Waals surface area contributed by atoms with E-state index in [-0.39, 0.29) is 17.0 Å². The summed E-state index contributed by atoms with van der Waals surface area (Å²) in [5.74, 6) is 1.12. The first-order valence-electron chi connectivity index (χ1n) is 10.5. The molecule has 3 N–H and O–H groups in total. The summed E-state index contributed by atoms with van der Waals surface area (Å²) in [5.41, 5.74) is 1.14. The molecule has 0 unspecified atom stereocenters. The minimum Gasteiger partial charge on any atom is -0.309 e. The van der Waals surface area contributed by atoms with Crippen molar-refractivity contribution in [1.82, 2.24) is 20.1 Å². The summed E-state index contributed by atoms with van der Waals surface area (Å²) < 4.78 is 0. The number of urea groups is 1. The predicted octanol–water partition coefficient (Wildman–Crippen LogP) is 4.29. The number of aromatic amines is 1. The van der Waals surface area contributed by atoms with Crippen LogP contribution in [0.2, 0.25) is 24.7 Å². The number of carbonyl (C=O) groups excluding carboxylic acids is 2. The lowest BCUT2D eigenvalue weighted by Gasteiger charge is -2.48. The molecule has 1 fully saturated rings. The van der Waals surface area contributed by atoms with Crippen molar-refractivity contribution in [1.29, 1.82) is 0 Å². The molecule has 1 aliphatic heterocycles. The third-order valence-electron chi connectivity index (χ3n) is 6.92. The smallest absolute Gasteiger partial charge is 0.309 e. The summed E-state index contributed by atoms with van der Waals surface area (Å²) in [6, 6.07) is 5.14. The molecule has 2 aromatic heterocycles. The number of nitrogens with zero attached hydrogens (tertiary/aromatic N) is 3.